The first kappa shape index (κ1) is 18.8. The molecule has 0 aliphatic heterocycles. The maximum absolute atomic E-state index is 12.1. The molecule has 7 heteroatoms. The molecule has 25 heavy (non-hydrogen) atoms. The molecule has 0 fully saturated rings. The highest BCUT2D eigenvalue weighted by Gasteiger charge is 2.22. The summed E-state index contributed by atoms with van der Waals surface area (Å²) in [7, 11) is 0. The van der Waals surface area contributed by atoms with Crippen molar-refractivity contribution in [3.63, 3.8) is 0 Å². The minimum absolute atomic E-state index is 0.00511. The number of anilines is 1. The van der Waals surface area contributed by atoms with Crippen LogP contribution in [0.2, 0.25) is 0 Å². The second-order valence-corrected chi connectivity index (χ2v) is 6.57. The van der Waals surface area contributed by atoms with E-state index in [9.17, 15) is 9.90 Å². The van der Waals surface area contributed by atoms with E-state index in [-0.39, 0.29) is 24.5 Å². The van der Waals surface area contributed by atoms with Crippen LogP contribution in [0.25, 0.3) is 0 Å². The van der Waals surface area contributed by atoms with Crippen molar-refractivity contribution < 1.29 is 14.6 Å². The van der Waals surface area contributed by atoms with Gasteiger partial charge in [-0.25, -0.2) is 14.8 Å². The van der Waals surface area contributed by atoms with Gasteiger partial charge in [0.25, 0.3) is 0 Å². The van der Waals surface area contributed by atoms with Crippen molar-refractivity contribution in [2.45, 2.75) is 39.2 Å². The fourth-order valence-corrected chi connectivity index (χ4v) is 2.17. The Hall–Kier alpha value is -2.54. The molecule has 0 saturated heterocycles. The summed E-state index contributed by atoms with van der Waals surface area (Å²) in [4.78, 5) is 24.9. The maximum atomic E-state index is 12.1. The largest absolute Gasteiger partial charge is 0.460 e. The van der Waals surface area contributed by atoms with Crippen LogP contribution in [0, 0.1) is 0 Å². The summed E-state index contributed by atoms with van der Waals surface area (Å²) in [6.07, 6.45) is 1.66. The van der Waals surface area contributed by atoms with Gasteiger partial charge in [-0.3, -0.25) is 4.98 Å². The molecule has 0 amide bonds. The molecule has 0 radical (unpaired) electrons. The molecule has 0 saturated carbocycles. The number of aromatic nitrogens is 3. The molecular weight excluding hydrogens is 320 g/mol. The lowest BCUT2D eigenvalue weighted by Gasteiger charge is -2.21. The molecule has 7 nitrogen and oxygen atoms in total. The quantitative estimate of drug-likeness (QED) is 0.777. The molecule has 134 valence electrons. The van der Waals surface area contributed by atoms with Crippen molar-refractivity contribution in [1.82, 2.24) is 15.0 Å². The topological polar surface area (TPSA) is 97.2 Å². The number of carbonyl (C=O) groups is 1. The predicted octanol–water partition coefficient (Wildman–Crippen LogP) is 2.49. The first-order chi connectivity index (χ1) is 11.8. The molecule has 1 atom stereocenters. The van der Waals surface area contributed by atoms with Crippen LogP contribution in [0.15, 0.2) is 30.5 Å². The summed E-state index contributed by atoms with van der Waals surface area (Å²) in [6, 6.07) is 6.79. The number of hydrogen-bond acceptors (Lipinski definition) is 7. The van der Waals surface area contributed by atoms with Gasteiger partial charge in [0, 0.05) is 17.7 Å². The molecular formula is C18H24N4O3. The molecule has 0 bridgehead atoms. The fourth-order valence-electron chi connectivity index (χ4n) is 2.17. The Bertz CT molecular complexity index is 714. The Morgan fingerprint density at radius 1 is 1.32 bits per heavy atom. The van der Waals surface area contributed by atoms with Gasteiger partial charge in [-0.1, -0.05) is 26.8 Å². The van der Waals surface area contributed by atoms with E-state index in [0.29, 0.717) is 17.2 Å². The van der Waals surface area contributed by atoms with Crippen molar-refractivity contribution in [2.75, 3.05) is 18.5 Å². The van der Waals surface area contributed by atoms with Gasteiger partial charge in [-0.2, -0.15) is 0 Å². The van der Waals surface area contributed by atoms with Crippen molar-refractivity contribution in [3.8, 4) is 0 Å². The molecule has 0 spiro atoms. The van der Waals surface area contributed by atoms with Crippen molar-refractivity contribution in [1.29, 1.82) is 0 Å². The van der Waals surface area contributed by atoms with Gasteiger partial charge in [0.15, 0.2) is 0 Å². The number of nitrogens with zero attached hydrogens (tertiary/aromatic N) is 3. The van der Waals surface area contributed by atoms with E-state index in [4.69, 9.17) is 4.74 Å². The zero-order valence-corrected chi connectivity index (χ0v) is 15.0. The maximum Gasteiger partial charge on any atom is 0.376 e. The minimum Gasteiger partial charge on any atom is -0.460 e. The first-order valence-corrected chi connectivity index (χ1v) is 8.20. The number of aliphatic hydroxyl groups excluding tert-OH is 1. The first-order valence-electron chi connectivity index (χ1n) is 8.20. The van der Waals surface area contributed by atoms with E-state index in [1.807, 2.05) is 32.9 Å². The van der Waals surface area contributed by atoms with Crippen LogP contribution in [0.5, 0.6) is 0 Å². The van der Waals surface area contributed by atoms with Crippen LogP contribution >= 0.6 is 0 Å². The lowest BCUT2D eigenvalue weighted by molar-refractivity contribution is 0.0511. The Morgan fingerprint density at radius 3 is 2.64 bits per heavy atom. The summed E-state index contributed by atoms with van der Waals surface area (Å²) in [5.41, 5.74) is 1.10. The fraction of sp³-hybridized carbons (Fsp3) is 0.444. The average molecular weight is 344 g/mol. The summed E-state index contributed by atoms with van der Waals surface area (Å²) in [5, 5.41) is 12.8. The Balaban J connectivity index is 2.38. The molecule has 2 rings (SSSR count). The smallest absolute Gasteiger partial charge is 0.376 e. The van der Waals surface area contributed by atoms with Crippen molar-refractivity contribution in [3.05, 3.63) is 47.7 Å². The van der Waals surface area contributed by atoms with Gasteiger partial charge < -0.3 is 15.2 Å². The van der Waals surface area contributed by atoms with Crippen LogP contribution in [-0.2, 0) is 10.2 Å². The van der Waals surface area contributed by atoms with Gasteiger partial charge >= 0.3 is 5.97 Å². The lowest BCUT2D eigenvalue weighted by Crippen LogP contribution is -2.22. The van der Waals surface area contributed by atoms with Crippen LogP contribution < -0.4 is 5.32 Å². The Morgan fingerprint density at radius 2 is 2.08 bits per heavy atom. The molecule has 0 aliphatic rings. The molecule has 0 aromatic carbocycles. The van der Waals surface area contributed by atoms with Gasteiger partial charge in [0.05, 0.1) is 30.6 Å². The van der Waals surface area contributed by atoms with E-state index in [1.54, 1.807) is 25.3 Å². The monoisotopic (exact) mass is 344 g/mol. The number of carbonyl (C=O) groups excluding carboxylic acids is 1. The normalized spacial score (nSPS) is 12.5. The van der Waals surface area contributed by atoms with Gasteiger partial charge in [-0.15, -0.1) is 0 Å². The van der Waals surface area contributed by atoms with E-state index < -0.39 is 12.0 Å². The van der Waals surface area contributed by atoms with Crippen LogP contribution in [0.1, 0.15) is 55.7 Å². The van der Waals surface area contributed by atoms with E-state index >= 15 is 0 Å². The van der Waals surface area contributed by atoms with Gasteiger partial charge in [0.2, 0.25) is 5.82 Å². The number of pyridine rings is 1. The third kappa shape index (κ3) is 4.96. The number of nitrogens with one attached hydrogen (secondary N) is 1. The summed E-state index contributed by atoms with van der Waals surface area (Å²) in [5.74, 6) is -0.141. The predicted molar refractivity (Wildman–Crippen MR) is 94.4 cm³/mol. The van der Waals surface area contributed by atoms with Crippen molar-refractivity contribution >= 4 is 11.8 Å². The zero-order valence-electron chi connectivity index (χ0n) is 15.0. The van der Waals surface area contributed by atoms with Crippen molar-refractivity contribution in [2.24, 2.45) is 0 Å². The average Bonchev–Trinajstić information content (AvgIpc) is 2.59. The highest BCUT2D eigenvalue weighted by atomic mass is 16.5. The van der Waals surface area contributed by atoms with Crippen LogP contribution in [0.3, 0.4) is 0 Å². The van der Waals surface area contributed by atoms with E-state index in [0.717, 1.165) is 0 Å². The van der Waals surface area contributed by atoms with Crippen LogP contribution in [0.4, 0.5) is 5.82 Å². The lowest BCUT2D eigenvalue weighted by atomic mass is 9.92. The summed E-state index contributed by atoms with van der Waals surface area (Å²) >= 11 is 0. The molecule has 1 unspecified atom stereocenters. The third-order valence-corrected chi connectivity index (χ3v) is 3.50. The molecule has 0 aliphatic carbocycles. The van der Waals surface area contributed by atoms with E-state index in [1.165, 1.54) is 0 Å². The standard InChI is InChI=1S/C18H24N4O3/c1-5-25-17(24)16-21-14(18(2,3)4)10-15(22-16)20-13(11-23)12-8-6-7-9-19-12/h6-10,13,23H,5,11H2,1-4H3,(H,20,21,22). The Kier molecular flexibility index (Phi) is 6.03. The number of aliphatic hydroxyl groups is 1. The van der Waals surface area contributed by atoms with Crippen LogP contribution in [-0.4, -0.2) is 39.2 Å². The molecule has 2 aromatic heterocycles. The minimum atomic E-state index is -0.574. The van der Waals surface area contributed by atoms with Gasteiger partial charge in [0.1, 0.15) is 5.82 Å². The third-order valence-electron chi connectivity index (χ3n) is 3.50. The van der Waals surface area contributed by atoms with Gasteiger partial charge in [-0.05, 0) is 19.1 Å². The summed E-state index contributed by atoms with van der Waals surface area (Å²) in [6.45, 7) is 7.80. The molecule has 2 heterocycles. The zero-order chi connectivity index (χ0) is 18.4. The highest BCUT2D eigenvalue weighted by molar-refractivity contribution is 5.85. The molecule has 2 N–H and O–H groups in total. The summed E-state index contributed by atoms with van der Waals surface area (Å²) < 4.78 is 5.01. The number of esters is 1. The number of ether oxygens (including phenoxy) is 1. The second kappa shape index (κ2) is 8.02. The second-order valence-electron chi connectivity index (χ2n) is 6.57. The highest BCUT2D eigenvalue weighted by Crippen LogP contribution is 2.24. The molecule has 2 aromatic rings. The SMILES string of the molecule is CCOC(=O)c1nc(NC(CO)c2ccccn2)cc(C(C)(C)C)n1. The number of rotatable bonds is 6. The van der Waals surface area contributed by atoms with E-state index in [2.05, 4.69) is 20.3 Å². The Labute approximate surface area is 147 Å². The number of hydrogen-bond donors (Lipinski definition) is 2.